The lowest BCUT2D eigenvalue weighted by Gasteiger charge is -2.15. The van der Waals surface area contributed by atoms with Crippen LogP contribution in [0.15, 0.2) is 16.6 Å². The van der Waals surface area contributed by atoms with Gasteiger partial charge in [0.25, 0.3) is 0 Å². The Kier molecular flexibility index (Phi) is 4.32. The van der Waals surface area contributed by atoms with Crippen LogP contribution in [-0.4, -0.2) is 16.2 Å². The van der Waals surface area contributed by atoms with E-state index in [4.69, 9.17) is 10.8 Å². The van der Waals surface area contributed by atoms with Crippen LogP contribution in [-0.2, 0) is 4.79 Å². The van der Waals surface area contributed by atoms with Gasteiger partial charge in [-0.1, -0.05) is 15.9 Å². The van der Waals surface area contributed by atoms with E-state index in [1.54, 1.807) is 12.1 Å². The molecule has 0 spiro atoms. The number of phenolic OH excluding ortho intramolecular Hbond substituents is 1. The van der Waals surface area contributed by atoms with Crippen LogP contribution in [0, 0.1) is 6.92 Å². The average molecular weight is 288 g/mol. The molecule has 0 aliphatic heterocycles. The van der Waals surface area contributed by atoms with E-state index in [1.165, 1.54) is 0 Å². The summed E-state index contributed by atoms with van der Waals surface area (Å²) in [5.41, 5.74) is 7.49. The van der Waals surface area contributed by atoms with Crippen molar-refractivity contribution in [3.05, 3.63) is 27.7 Å². The molecule has 0 aliphatic rings. The molecule has 0 saturated carbocycles. The van der Waals surface area contributed by atoms with Crippen molar-refractivity contribution in [3.8, 4) is 5.75 Å². The summed E-state index contributed by atoms with van der Waals surface area (Å²) < 4.78 is 0.822. The molecule has 1 aromatic carbocycles. The van der Waals surface area contributed by atoms with Crippen LogP contribution < -0.4 is 5.73 Å². The first-order valence-corrected chi connectivity index (χ1v) is 5.67. The maximum Gasteiger partial charge on any atom is 0.303 e. The number of halogens is 1. The molecule has 0 aromatic heterocycles. The first kappa shape index (κ1) is 13.0. The number of aromatic hydroxyl groups is 1. The molecule has 1 aromatic rings. The highest BCUT2D eigenvalue weighted by atomic mass is 79.9. The Morgan fingerprint density at radius 1 is 1.56 bits per heavy atom. The Morgan fingerprint density at radius 2 is 2.19 bits per heavy atom. The van der Waals surface area contributed by atoms with Crippen LogP contribution in [0.2, 0.25) is 0 Å². The van der Waals surface area contributed by atoms with Crippen LogP contribution in [0.25, 0.3) is 0 Å². The maximum atomic E-state index is 10.4. The molecular formula is C11H14BrNO3. The molecule has 0 fully saturated rings. The zero-order chi connectivity index (χ0) is 12.3. The molecule has 0 saturated heterocycles. The molecule has 4 N–H and O–H groups in total. The minimum atomic E-state index is -0.872. The van der Waals surface area contributed by atoms with E-state index in [9.17, 15) is 9.90 Å². The van der Waals surface area contributed by atoms with Crippen LogP contribution >= 0.6 is 15.9 Å². The fourth-order valence-corrected chi connectivity index (χ4v) is 2.00. The van der Waals surface area contributed by atoms with Crippen LogP contribution in [0.1, 0.15) is 30.0 Å². The van der Waals surface area contributed by atoms with Gasteiger partial charge in [0.15, 0.2) is 0 Å². The van der Waals surface area contributed by atoms with E-state index in [0.29, 0.717) is 6.42 Å². The lowest BCUT2D eigenvalue weighted by atomic mass is 10.0. The summed E-state index contributed by atoms with van der Waals surface area (Å²) in [7, 11) is 0. The van der Waals surface area contributed by atoms with Crippen molar-refractivity contribution in [1.29, 1.82) is 0 Å². The summed E-state index contributed by atoms with van der Waals surface area (Å²) >= 11 is 3.38. The van der Waals surface area contributed by atoms with Gasteiger partial charge in [0.1, 0.15) is 5.75 Å². The summed E-state index contributed by atoms with van der Waals surface area (Å²) in [5.74, 6) is -0.732. The summed E-state index contributed by atoms with van der Waals surface area (Å²) in [6.45, 7) is 1.84. The third-order valence-corrected chi connectivity index (χ3v) is 3.42. The van der Waals surface area contributed by atoms with E-state index in [-0.39, 0.29) is 12.2 Å². The van der Waals surface area contributed by atoms with Gasteiger partial charge in [0.2, 0.25) is 0 Å². The van der Waals surface area contributed by atoms with Gasteiger partial charge in [0, 0.05) is 16.9 Å². The molecule has 1 unspecified atom stereocenters. The Morgan fingerprint density at radius 3 is 2.75 bits per heavy atom. The van der Waals surface area contributed by atoms with Gasteiger partial charge in [0.05, 0.1) is 0 Å². The van der Waals surface area contributed by atoms with Gasteiger partial charge in [-0.05, 0) is 36.6 Å². The zero-order valence-electron chi connectivity index (χ0n) is 8.90. The highest BCUT2D eigenvalue weighted by Gasteiger charge is 2.14. The summed E-state index contributed by atoms with van der Waals surface area (Å²) in [6.07, 6.45) is 0.360. The normalized spacial score (nSPS) is 12.4. The lowest BCUT2D eigenvalue weighted by Crippen LogP contribution is -2.13. The fourth-order valence-electron chi connectivity index (χ4n) is 1.48. The molecule has 16 heavy (non-hydrogen) atoms. The average Bonchev–Trinajstić information content (AvgIpc) is 2.19. The van der Waals surface area contributed by atoms with Crippen LogP contribution in [0.5, 0.6) is 5.75 Å². The third-order valence-electron chi connectivity index (χ3n) is 2.34. The number of carbonyl (C=O) groups is 1. The van der Waals surface area contributed by atoms with Crippen LogP contribution in [0.3, 0.4) is 0 Å². The largest absolute Gasteiger partial charge is 0.508 e. The number of hydrogen-bond acceptors (Lipinski definition) is 3. The molecule has 5 heteroatoms. The number of benzene rings is 1. The van der Waals surface area contributed by atoms with E-state index in [2.05, 4.69) is 15.9 Å². The number of nitrogens with two attached hydrogens (primary N) is 1. The zero-order valence-corrected chi connectivity index (χ0v) is 10.5. The number of carboxylic acid groups (broad SMARTS) is 1. The second-order valence-electron chi connectivity index (χ2n) is 3.70. The van der Waals surface area contributed by atoms with Crippen molar-refractivity contribution in [2.24, 2.45) is 5.73 Å². The standard InChI is InChI=1S/C11H14BrNO3/c1-6-4-7(14)5-8(11(6)12)9(13)2-3-10(15)16/h4-5,9,14H,2-3,13H2,1H3,(H,15,16). The van der Waals surface area contributed by atoms with Gasteiger partial charge in [-0.25, -0.2) is 0 Å². The number of rotatable bonds is 4. The number of aryl methyl sites for hydroxylation is 1. The molecule has 0 amide bonds. The van der Waals surface area contributed by atoms with Gasteiger partial charge in [-0.2, -0.15) is 0 Å². The second-order valence-corrected chi connectivity index (χ2v) is 4.50. The highest BCUT2D eigenvalue weighted by molar-refractivity contribution is 9.10. The second kappa shape index (κ2) is 5.32. The molecule has 0 heterocycles. The summed E-state index contributed by atoms with van der Waals surface area (Å²) in [4.78, 5) is 10.4. The van der Waals surface area contributed by atoms with Crippen molar-refractivity contribution in [2.45, 2.75) is 25.8 Å². The van der Waals surface area contributed by atoms with Crippen LogP contribution in [0.4, 0.5) is 0 Å². The van der Waals surface area contributed by atoms with Gasteiger partial charge in [-0.3, -0.25) is 4.79 Å². The Hall–Kier alpha value is -1.07. The number of hydrogen-bond donors (Lipinski definition) is 3. The Labute approximate surface area is 102 Å². The highest BCUT2D eigenvalue weighted by Crippen LogP contribution is 2.31. The monoisotopic (exact) mass is 287 g/mol. The summed E-state index contributed by atoms with van der Waals surface area (Å²) in [6, 6.07) is 2.79. The predicted octanol–water partition coefficient (Wildman–Crippen LogP) is 2.33. The topological polar surface area (TPSA) is 83.5 Å². The number of aliphatic carboxylic acids is 1. The van der Waals surface area contributed by atoms with E-state index < -0.39 is 12.0 Å². The van der Waals surface area contributed by atoms with Crippen molar-refractivity contribution in [2.75, 3.05) is 0 Å². The van der Waals surface area contributed by atoms with Crippen molar-refractivity contribution in [3.63, 3.8) is 0 Å². The SMILES string of the molecule is Cc1cc(O)cc(C(N)CCC(=O)O)c1Br. The number of phenols is 1. The fraction of sp³-hybridized carbons (Fsp3) is 0.364. The minimum absolute atomic E-state index is 0.0162. The lowest BCUT2D eigenvalue weighted by molar-refractivity contribution is -0.137. The molecular weight excluding hydrogens is 274 g/mol. The maximum absolute atomic E-state index is 10.4. The first-order valence-electron chi connectivity index (χ1n) is 4.88. The molecule has 4 nitrogen and oxygen atoms in total. The van der Waals surface area contributed by atoms with Crippen molar-refractivity contribution < 1.29 is 15.0 Å². The molecule has 88 valence electrons. The first-order chi connectivity index (χ1) is 7.41. The summed E-state index contributed by atoms with van der Waals surface area (Å²) in [5, 5.41) is 18.0. The predicted molar refractivity (Wildman–Crippen MR) is 64.3 cm³/mol. The number of carboxylic acids is 1. The minimum Gasteiger partial charge on any atom is -0.508 e. The Balaban J connectivity index is 2.90. The van der Waals surface area contributed by atoms with E-state index in [0.717, 1.165) is 15.6 Å². The van der Waals surface area contributed by atoms with E-state index >= 15 is 0 Å². The van der Waals surface area contributed by atoms with E-state index in [1.807, 2.05) is 6.92 Å². The van der Waals surface area contributed by atoms with Gasteiger partial charge in [-0.15, -0.1) is 0 Å². The van der Waals surface area contributed by atoms with Crippen molar-refractivity contribution >= 4 is 21.9 Å². The van der Waals surface area contributed by atoms with Crippen molar-refractivity contribution in [1.82, 2.24) is 0 Å². The molecule has 0 aliphatic carbocycles. The Bertz CT molecular complexity index is 406. The van der Waals surface area contributed by atoms with Gasteiger partial charge >= 0.3 is 5.97 Å². The van der Waals surface area contributed by atoms with Gasteiger partial charge < -0.3 is 15.9 Å². The third kappa shape index (κ3) is 3.21. The quantitative estimate of drug-likeness (QED) is 0.794. The smallest absolute Gasteiger partial charge is 0.303 e. The molecule has 1 atom stereocenters. The molecule has 0 bridgehead atoms. The molecule has 0 radical (unpaired) electrons. The molecule has 1 rings (SSSR count).